The molecule has 0 aliphatic rings. The van der Waals surface area contributed by atoms with E-state index in [1.54, 1.807) is 23.6 Å². The van der Waals surface area contributed by atoms with Crippen molar-refractivity contribution in [2.24, 2.45) is 0 Å². The summed E-state index contributed by atoms with van der Waals surface area (Å²) in [6.45, 7) is 0. The first-order chi connectivity index (χ1) is 10.6. The molecule has 0 spiro atoms. The maximum Gasteiger partial charge on any atom is 0.333 e. The van der Waals surface area contributed by atoms with Crippen molar-refractivity contribution < 1.29 is 13.2 Å². The SMILES string of the molecule is O=C(Nc1cccc2ccccc12)NS(=O)(=O)c1cccs1. The van der Waals surface area contributed by atoms with Crippen molar-refractivity contribution in [1.82, 2.24) is 4.72 Å². The van der Waals surface area contributed by atoms with Gasteiger partial charge in [0, 0.05) is 5.39 Å². The number of hydrogen-bond donors (Lipinski definition) is 2. The number of benzene rings is 2. The van der Waals surface area contributed by atoms with Crippen molar-refractivity contribution in [3.05, 3.63) is 60.0 Å². The van der Waals surface area contributed by atoms with Gasteiger partial charge in [-0.05, 0) is 22.9 Å². The molecule has 3 aromatic rings. The summed E-state index contributed by atoms with van der Waals surface area (Å²) < 4.78 is 26.1. The highest BCUT2D eigenvalue weighted by molar-refractivity contribution is 7.92. The molecule has 0 saturated heterocycles. The van der Waals surface area contributed by atoms with Gasteiger partial charge in [0.15, 0.2) is 0 Å². The molecule has 7 heteroatoms. The summed E-state index contributed by atoms with van der Waals surface area (Å²) in [5.41, 5.74) is 0.553. The number of hydrogen-bond acceptors (Lipinski definition) is 4. The molecule has 0 aliphatic carbocycles. The number of fused-ring (bicyclic) bond motifs is 1. The minimum absolute atomic E-state index is 0.0977. The molecule has 0 bridgehead atoms. The Hall–Kier alpha value is -2.38. The monoisotopic (exact) mass is 332 g/mol. The first-order valence-corrected chi connectivity index (χ1v) is 8.78. The number of carbonyl (C=O) groups is 1. The van der Waals surface area contributed by atoms with Gasteiger partial charge in [-0.2, -0.15) is 0 Å². The normalized spacial score (nSPS) is 11.3. The minimum atomic E-state index is -3.83. The van der Waals surface area contributed by atoms with Crippen LogP contribution in [0.2, 0.25) is 0 Å². The summed E-state index contributed by atoms with van der Waals surface area (Å²) in [5, 5.41) is 6.02. The highest BCUT2D eigenvalue weighted by Crippen LogP contribution is 2.23. The van der Waals surface area contributed by atoms with Gasteiger partial charge in [-0.15, -0.1) is 11.3 Å². The first-order valence-electron chi connectivity index (χ1n) is 6.41. The third kappa shape index (κ3) is 2.95. The number of carbonyl (C=O) groups excluding carboxylic acids is 1. The number of amides is 2. The average Bonchev–Trinajstić information content (AvgIpc) is 3.02. The van der Waals surface area contributed by atoms with Gasteiger partial charge in [-0.1, -0.05) is 42.5 Å². The zero-order valence-corrected chi connectivity index (χ0v) is 12.9. The van der Waals surface area contributed by atoms with Crippen LogP contribution in [-0.2, 0) is 10.0 Å². The Labute approximate surface area is 131 Å². The van der Waals surface area contributed by atoms with E-state index in [4.69, 9.17) is 0 Å². The summed E-state index contributed by atoms with van der Waals surface area (Å²) >= 11 is 1.05. The molecule has 0 saturated carbocycles. The van der Waals surface area contributed by atoms with Crippen molar-refractivity contribution >= 4 is 43.9 Å². The number of nitrogens with one attached hydrogen (secondary N) is 2. The standard InChI is InChI=1S/C15H12N2O3S2/c18-15(17-22(19,20)14-9-4-10-21-14)16-13-8-3-6-11-5-1-2-7-12(11)13/h1-10H,(H2,16,17,18). The van der Waals surface area contributed by atoms with Gasteiger partial charge in [-0.3, -0.25) is 0 Å². The molecule has 1 aromatic heterocycles. The van der Waals surface area contributed by atoms with E-state index in [2.05, 4.69) is 5.32 Å². The van der Waals surface area contributed by atoms with Gasteiger partial charge in [0.2, 0.25) is 0 Å². The molecule has 112 valence electrons. The fourth-order valence-electron chi connectivity index (χ4n) is 2.07. The third-order valence-electron chi connectivity index (χ3n) is 3.02. The highest BCUT2D eigenvalue weighted by atomic mass is 32.2. The second-order valence-electron chi connectivity index (χ2n) is 4.52. The van der Waals surface area contributed by atoms with Crippen molar-refractivity contribution in [3.8, 4) is 0 Å². The number of sulfonamides is 1. The zero-order chi connectivity index (χ0) is 15.6. The molecule has 0 radical (unpaired) electrons. The van der Waals surface area contributed by atoms with Gasteiger partial charge in [0.05, 0.1) is 5.69 Å². The molecule has 2 N–H and O–H groups in total. The number of thiophene rings is 1. The van der Waals surface area contributed by atoms with Crippen LogP contribution in [0.25, 0.3) is 10.8 Å². The fraction of sp³-hybridized carbons (Fsp3) is 0. The maximum atomic E-state index is 12.0. The minimum Gasteiger partial charge on any atom is -0.307 e. The summed E-state index contributed by atoms with van der Waals surface area (Å²) in [6.07, 6.45) is 0. The Morgan fingerprint density at radius 2 is 1.73 bits per heavy atom. The van der Waals surface area contributed by atoms with Gasteiger partial charge in [-0.25, -0.2) is 17.9 Å². The van der Waals surface area contributed by atoms with Crippen LogP contribution in [0.15, 0.2) is 64.2 Å². The van der Waals surface area contributed by atoms with Crippen LogP contribution in [0.3, 0.4) is 0 Å². The summed E-state index contributed by atoms with van der Waals surface area (Å²) in [6, 6.07) is 15.2. The van der Waals surface area contributed by atoms with E-state index in [1.165, 1.54) is 6.07 Å². The lowest BCUT2D eigenvalue weighted by atomic mass is 10.1. The van der Waals surface area contributed by atoms with E-state index in [0.29, 0.717) is 5.69 Å². The van der Waals surface area contributed by atoms with Crippen LogP contribution < -0.4 is 10.0 Å². The Kier molecular flexibility index (Phi) is 3.82. The topological polar surface area (TPSA) is 75.3 Å². The fourth-order valence-corrected chi connectivity index (χ4v) is 3.97. The van der Waals surface area contributed by atoms with Gasteiger partial charge >= 0.3 is 6.03 Å². The molecule has 0 unspecified atom stereocenters. The lowest BCUT2D eigenvalue weighted by molar-refractivity contribution is 0.256. The number of urea groups is 1. The molecular weight excluding hydrogens is 320 g/mol. The van der Waals surface area contributed by atoms with Crippen molar-refractivity contribution in [3.63, 3.8) is 0 Å². The number of anilines is 1. The molecule has 5 nitrogen and oxygen atoms in total. The Bertz CT molecular complexity index is 914. The molecule has 0 atom stereocenters. The average molecular weight is 332 g/mol. The van der Waals surface area contributed by atoms with Gasteiger partial charge in [0.1, 0.15) is 4.21 Å². The predicted octanol–water partition coefficient (Wildman–Crippen LogP) is 3.41. The van der Waals surface area contributed by atoms with Crippen molar-refractivity contribution in [2.75, 3.05) is 5.32 Å². The van der Waals surface area contributed by atoms with Gasteiger partial charge in [0.25, 0.3) is 10.0 Å². The first kappa shape index (κ1) is 14.6. The lowest BCUT2D eigenvalue weighted by Crippen LogP contribution is -2.34. The maximum absolute atomic E-state index is 12.0. The molecule has 3 rings (SSSR count). The summed E-state index contributed by atoms with van der Waals surface area (Å²) in [7, 11) is -3.83. The molecule has 2 aromatic carbocycles. The second-order valence-corrected chi connectivity index (χ2v) is 7.38. The quantitative estimate of drug-likeness (QED) is 0.772. The van der Waals surface area contributed by atoms with Crippen LogP contribution in [0.4, 0.5) is 10.5 Å². The molecular formula is C15H12N2O3S2. The lowest BCUT2D eigenvalue weighted by Gasteiger charge is -2.09. The van der Waals surface area contributed by atoms with E-state index in [-0.39, 0.29) is 4.21 Å². The van der Waals surface area contributed by atoms with E-state index in [9.17, 15) is 13.2 Å². The predicted molar refractivity (Wildman–Crippen MR) is 87.6 cm³/mol. The molecule has 0 aliphatic heterocycles. The molecule has 2 amide bonds. The molecule has 0 fully saturated rings. The van der Waals surface area contributed by atoms with E-state index >= 15 is 0 Å². The van der Waals surface area contributed by atoms with Crippen molar-refractivity contribution in [2.45, 2.75) is 4.21 Å². The van der Waals surface area contributed by atoms with E-state index < -0.39 is 16.1 Å². The molecule has 22 heavy (non-hydrogen) atoms. The van der Waals surface area contributed by atoms with E-state index in [1.807, 2.05) is 35.1 Å². The van der Waals surface area contributed by atoms with Crippen molar-refractivity contribution in [1.29, 1.82) is 0 Å². The van der Waals surface area contributed by atoms with Crippen LogP contribution in [0.5, 0.6) is 0 Å². The zero-order valence-electron chi connectivity index (χ0n) is 11.3. The largest absolute Gasteiger partial charge is 0.333 e. The smallest absolute Gasteiger partial charge is 0.307 e. The summed E-state index contributed by atoms with van der Waals surface area (Å²) in [5.74, 6) is 0. The van der Waals surface area contributed by atoms with Crippen LogP contribution in [0, 0.1) is 0 Å². The number of rotatable bonds is 3. The highest BCUT2D eigenvalue weighted by Gasteiger charge is 2.18. The second kappa shape index (κ2) is 5.78. The van der Waals surface area contributed by atoms with Crippen LogP contribution >= 0.6 is 11.3 Å². The Morgan fingerprint density at radius 1 is 0.955 bits per heavy atom. The van der Waals surface area contributed by atoms with E-state index in [0.717, 1.165) is 22.1 Å². The van der Waals surface area contributed by atoms with Crippen LogP contribution in [-0.4, -0.2) is 14.4 Å². The molecule has 1 heterocycles. The van der Waals surface area contributed by atoms with Gasteiger partial charge < -0.3 is 5.32 Å². The summed E-state index contributed by atoms with van der Waals surface area (Å²) in [4.78, 5) is 12.0. The Morgan fingerprint density at radius 3 is 2.50 bits per heavy atom. The van der Waals surface area contributed by atoms with Crippen LogP contribution in [0.1, 0.15) is 0 Å². The third-order valence-corrected chi connectivity index (χ3v) is 5.75. The Balaban J connectivity index is 1.82.